The Morgan fingerprint density at radius 1 is 1.16 bits per heavy atom. The van der Waals surface area contributed by atoms with Crippen molar-refractivity contribution in [3.63, 3.8) is 0 Å². The van der Waals surface area contributed by atoms with Crippen molar-refractivity contribution in [3.8, 4) is 11.6 Å². The van der Waals surface area contributed by atoms with E-state index in [4.69, 9.17) is 25.8 Å². The van der Waals surface area contributed by atoms with Crippen molar-refractivity contribution in [1.82, 2.24) is 20.3 Å². The van der Waals surface area contributed by atoms with Gasteiger partial charge in [-0.2, -0.15) is 0 Å². The number of nitrogens with one attached hydrogen (secondary N) is 2. The topological polar surface area (TPSA) is 107 Å². The van der Waals surface area contributed by atoms with Crippen LogP contribution in [0.2, 0.25) is 5.02 Å². The maximum absolute atomic E-state index is 11.6. The van der Waals surface area contributed by atoms with Gasteiger partial charge in [-0.25, -0.2) is 9.97 Å². The lowest BCUT2D eigenvalue weighted by atomic mass is 9.69. The molecule has 6 heterocycles. The number of aromatic nitrogens is 3. The van der Waals surface area contributed by atoms with E-state index in [1.807, 2.05) is 24.3 Å². The number of nitrogens with zero attached hydrogens (tertiary/aromatic N) is 3. The zero-order chi connectivity index (χ0) is 24.8. The highest BCUT2D eigenvalue weighted by Gasteiger charge is 2.49. The number of hydrogen-bond acceptors (Lipinski definition) is 8. The average molecular weight is 546 g/mol. The molecule has 2 saturated heterocycles. The van der Waals surface area contributed by atoms with Gasteiger partial charge in [0, 0.05) is 29.9 Å². The predicted molar refractivity (Wildman–Crippen MR) is 142 cm³/mol. The summed E-state index contributed by atoms with van der Waals surface area (Å²) < 4.78 is 17.2. The summed E-state index contributed by atoms with van der Waals surface area (Å²) in [6, 6.07) is 7.52. The van der Waals surface area contributed by atoms with Gasteiger partial charge in [-0.1, -0.05) is 11.6 Å². The largest absolute Gasteiger partial charge is 0.481 e. The standard InChI is InChI=1S/C26H28ClN5O4.ClH/c1-34-22-5-3-19-23(32-22)17(18(27)13-28-19)6-7-26-10-8-25(9-11-26,15-36-26)29-12-16-2-4-20-24(30-16)31-21(33)14-35-20;/h2-5,13,29H,6-12,14-15H2,1H3,(H,30,31,33);1H. The van der Waals surface area contributed by atoms with E-state index in [0.717, 1.165) is 60.8 Å². The molecule has 3 aromatic heterocycles. The SMILES string of the molecule is COc1ccc2ncc(Cl)c(CCC34CCC(NCc5ccc6c(n5)NC(=O)CO6)(CC3)CO4)c2n1.Cl. The first-order valence-corrected chi connectivity index (χ1v) is 12.6. The molecule has 3 aromatic rings. The molecule has 2 N–H and O–H groups in total. The summed E-state index contributed by atoms with van der Waals surface area (Å²) in [7, 11) is 1.61. The fourth-order valence-electron chi connectivity index (χ4n) is 5.48. The maximum Gasteiger partial charge on any atom is 0.263 e. The van der Waals surface area contributed by atoms with Gasteiger partial charge in [-0.15, -0.1) is 12.4 Å². The number of aryl methyl sites for hydroxylation is 1. The smallest absolute Gasteiger partial charge is 0.263 e. The van der Waals surface area contributed by atoms with Crippen molar-refractivity contribution < 1.29 is 19.0 Å². The zero-order valence-electron chi connectivity index (χ0n) is 20.5. The number of methoxy groups -OCH3 is 1. The van der Waals surface area contributed by atoms with Crippen molar-refractivity contribution in [3.05, 3.63) is 46.7 Å². The van der Waals surface area contributed by atoms with Crippen LogP contribution in [0.3, 0.4) is 0 Å². The Morgan fingerprint density at radius 2 is 2.00 bits per heavy atom. The Balaban J connectivity index is 0.00000280. The number of hydrogen-bond donors (Lipinski definition) is 2. The van der Waals surface area contributed by atoms with E-state index >= 15 is 0 Å². The number of halogens is 2. The fraction of sp³-hybridized carbons (Fsp3) is 0.462. The molecule has 0 aromatic carbocycles. The molecule has 9 nitrogen and oxygen atoms in total. The van der Waals surface area contributed by atoms with Gasteiger partial charge >= 0.3 is 0 Å². The Morgan fingerprint density at radius 3 is 2.76 bits per heavy atom. The van der Waals surface area contributed by atoms with Gasteiger partial charge in [-0.3, -0.25) is 9.78 Å². The lowest BCUT2D eigenvalue weighted by molar-refractivity contribution is -0.165. The monoisotopic (exact) mass is 545 g/mol. The molecule has 1 aliphatic carbocycles. The molecular formula is C26H29Cl2N5O4. The van der Waals surface area contributed by atoms with Crippen LogP contribution in [-0.2, 0) is 22.5 Å². The molecule has 0 radical (unpaired) electrons. The number of carbonyl (C=O) groups excluding carboxylic acids is 1. The third kappa shape index (κ3) is 5.05. The molecule has 11 heteroatoms. The van der Waals surface area contributed by atoms with Gasteiger partial charge in [0.1, 0.15) is 0 Å². The number of amides is 1. The van der Waals surface area contributed by atoms with Gasteiger partial charge < -0.3 is 24.8 Å². The lowest BCUT2D eigenvalue weighted by Crippen LogP contribution is -2.61. The van der Waals surface area contributed by atoms with Crippen LogP contribution < -0.4 is 20.1 Å². The van der Waals surface area contributed by atoms with E-state index in [2.05, 4.69) is 25.6 Å². The van der Waals surface area contributed by atoms with Crippen molar-refractivity contribution in [2.24, 2.45) is 0 Å². The minimum absolute atomic E-state index is 0. The highest BCUT2D eigenvalue weighted by molar-refractivity contribution is 6.32. The first-order chi connectivity index (χ1) is 17.5. The van der Waals surface area contributed by atoms with Crippen LogP contribution in [0.1, 0.15) is 43.4 Å². The highest BCUT2D eigenvalue weighted by atomic mass is 35.5. The van der Waals surface area contributed by atoms with E-state index < -0.39 is 0 Å². The second-order valence-corrected chi connectivity index (χ2v) is 10.3. The van der Waals surface area contributed by atoms with E-state index in [9.17, 15) is 4.79 Å². The Labute approximate surface area is 226 Å². The molecule has 3 fully saturated rings. The van der Waals surface area contributed by atoms with Crippen molar-refractivity contribution in [2.75, 3.05) is 25.6 Å². The van der Waals surface area contributed by atoms with Crippen LogP contribution in [0, 0.1) is 0 Å². The van der Waals surface area contributed by atoms with Crippen LogP contribution in [0.5, 0.6) is 11.6 Å². The number of ether oxygens (including phenoxy) is 3. The Kier molecular flexibility index (Phi) is 7.15. The van der Waals surface area contributed by atoms with Crippen molar-refractivity contribution in [2.45, 2.75) is 56.2 Å². The normalized spacial score (nSPS) is 24.1. The zero-order valence-corrected chi connectivity index (χ0v) is 22.1. The first-order valence-electron chi connectivity index (χ1n) is 12.3. The summed E-state index contributed by atoms with van der Waals surface area (Å²) in [6.07, 6.45) is 7.40. The van der Waals surface area contributed by atoms with E-state index in [1.165, 1.54) is 0 Å². The summed E-state index contributed by atoms with van der Waals surface area (Å²) in [5.74, 6) is 1.46. The highest BCUT2D eigenvalue weighted by Crippen LogP contribution is 2.46. The third-order valence-corrected chi connectivity index (χ3v) is 8.05. The number of carbonyl (C=O) groups is 1. The molecule has 4 aliphatic rings. The molecule has 0 spiro atoms. The molecule has 3 aliphatic heterocycles. The van der Waals surface area contributed by atoms with E-state index in [1.54, 1.807) is 13.3 Å². The number of rotatable bonds is 7. The van der Waals surface area contributed by atoms with Crippen LogP contribution in [0.25, 0.3) is 11.0 Å². The Bertz CT molecular complexity index is 1310. The molecule has 0 atom stereocenters. The van der Waals surface area contributed by atoms with Crippen LogP contribution in [0.15, 0.2) is 30.5 Å². The second-order valence-electron chi connectivity index (χ2n) is 9.90. The second kappa shape index (κ2) is 10.2. The molecular weight excluding hydrogens is 517 g/mol. The van der Waals surface area contributed by atoms with Crippen molar-refractivity contribution in [1.29, 1.82) is 0 Å². The molecule has 2 bridgehead atoms. The van der Waals surface area contributed by atoms with Gasteiger partial charge in [0.2, 0.25) is 5.88 Å². The summed E-state index contributed by atoms with van der Waals surface area (Å²) in [5, 5.41) is 7.10. The minimum Gasteiger partial charge on any atom is -0.481 e. The summed E-state index contributed by atoms with van der Waals surface area (Å²) in [5.41, 5.74) is 3.25. The van der Waals surface area contributed by atoms with Crippen LogP contribution in [-0.4, -0.2) is 52.3 Å². The average Bonchev–Trinajstić information content (AvgIpc) is 2.92. The summed E-state index contributed by atoms with van der Waals surface area (Å²) in [4.78, 5) is 25.2. The van der Waals surface area contributed by atoms with Gasteiger partial charge in [0.05, 0.1) is 41.1 Å². The lowest BCUT2D eigenvalue weighted by Gasteiger charge is -2.53. The molecule has 196 valence electrons. The van der Waals surface area contributed by atoms with Gasteiger partial charge in [0.25, 0.3) is 5.91 Å². The van der Waals surface area contributed by atoms with Crippen molar-refractivity contribution >= 4 is 46.8 Å². The summed E-state index contributed by atoms with van der Waals surface area (Å²) in [6.45, 7) is 1.29. The Hall–Kier alpha value is -2.72. The van der Waals surface area contributed by atoms with Gasteiger partial charge in [-0.05, 0) is 56.7 Å². The molecule has 0 unspecified atom stereocenters. The number of pyridine rings is 3. The maximum atomic E-state index is 11.6. The fourth-order valence-corrected chi connectivity index (χ4v) is 5.71. The summed E-state index contributed by atoms with van der Waals surface area (Å²) >= 11 is 6.56. The van der Waals surface area contributed by atoms with Gasteiger partial charge in [0.15, 0.2) is 18.2 Å². The van der Waals surface area contributed by atoms with Crippen LogP contribution >= 0.6 is 24.0 Å². The molecule has 1 saturated carbocycles. The van der Waals surface area contributed by atoms with Crippen LogP contribution in [0.4, 0.5) is 5.82 Å². The number of anilines is 1. The quantitative estimate of drug-likeness (QED) is 0.453. The predicted octanol–water partition coefficient (Wildman–Crippen LogP) is 4.24. The number of fused-ring (bicyclic) bond motifs is 5. The molecule has 1 amide bonds. The van der Waals surface area contributed by atoms with E-state index in [-0.39, 0.29) is 36.1 Å². The first kappa shape index (κ1) is 25.9. The molecule has 37 heavy (non-hydrogen) atoms. The third-order valence-electron chi connectivity index (χ3n) is 7.73. The minimum atomic E-state index is -0.182. The van der Waals surface area contributed by atoms with E-state index in [0.29, 0.717) is 35.6 Å². The molecule has 7 rings (SSSR count).